The molecule has 4 rings (SSSR count). The molecule has 0 radical (unpaired) electrons. The highest BCUT2D eigenvalue weighted by Gasteiger charge is 2.69. The number of hydrogen-bond acceptors (Lipinski definition) is 3. The van der Waals surface area contributed by atoms with Gasteiger partial charge in [0.25, 0.3) is 12.4 Å². The normalized spacial score (nSPS) is 49.3. The second-order valence-electron chi connectivity index (χ2n) is 7.28. The molecule has 3 aliphatic carbocycles. The summed E-state index contributed by atoms with van der Waals surface area (Å²) in [5, 5.41) is 0. The van der Waals surface area contributed by atoms with Crippen LogP contribution in [0.2, 0.25) is 0 Å². The Kier molecular flexibility index (Phi) is 3.78. The summed E-state index contributed by atoms with van der Waals surface area (Å²) in [6.07, 6.45) is -0.604. The minimum Gasteiger partial charge on any atom is -0.330 e. The molecule has 1 aliphatic heterocycles. The molecule has 6 heteroatoms. The maximum absolute atomic E-state index is 14.5. The Labute approximate surface area is 123 Å². The van der Waals surface area contributed by atoms with Crippen LogP contribution in [0.25, 0.3) is 0 Å². The van der Waals surface area contributed by atoms with Crippen molar-refractivity contribution in [3.63, 3.8) is 0 Å². The molecule has 0 spiro atoms. The molecule has 21 heavy (non-hydrogen) atoms. The maximum atomic E-state index is 14.5. The van der Waals surface area contributed by atoms with Crippen LogP contribution in [0.1, 0.15) is 39.5 Å². The van der Waals surface area contributed by atoms with Crippen molar-refractivity contribution in [2.75, 3.05) is 19.8 Å². The van der Waals surface area contributed by atoms with E-state index in [9.17, 15) is 13.2 Å². The first-order chi connectivity index (χ1) is 9.79. The highest BCUT2D eigenvalue weighted by atomic mass is 19.3. The fourth-order valence-electron chi connectivity index (χ4n) is 3.71. The smallest absolute Gasteiger partial charge is 0.284 e. The van der Waals surface area contributed by atoms with Crippen LogP contribution in [-0.2, 0) is 14.2 Å². The Morgan fingerprint density at radius 3 is 2.24 bits per heavy atom. The number of alkyl halides is 3. The first kappa shape index (κ1) is 15.6. The van der Waals surface area contributed by atoms with Gasteiger partial charge < -0.3 is 14.2 Å². The van der Waals surface area contributed by atoms with E-state index in [-0.39, 0.29) is 12.5 Å². The summed E-state index contributed by atoms with van der Waals surface area (Å²) in [6, 6.07) is 0. The highest BCUT2D eigenvalue weighted by molar-refractivity contribution is 5.12. The zero-order valence-electron chi connectivity index (χ0n) is 12.5. The van der Waals surface area contributed by atoms with Crippen molar-refractivity contribution >= 4 is 0 Å². The third kappa shape index (κ3) is 2.39. The van der Waals surface area contributed by atoms with Crippen molar-refractivity contribution in [2.45, 2.75) is 58.1 Å². The number of halogens is 3. The molecule has 1 unspecified atom stereocenters. The molecular weight excluding hydrogens is 285 g/mol. The molecule has 1 heterocycles. The van der Waals surface area contributed by atoms with Gasteiger partial charge in [0.15, 0.2) is 6.17 Å². The first-order valence-electron chi connectivity index (χ1n) is 7.66. The van der Waals surface area contributed by atoms with Crippen molar-refractivity contribution in [3.05, 3.63) is 0 Å². The zero-order valence-corrected chi connectivity index (χ0v) is 12.5. The number of ether oxygens (including phenoxy) is 3. The number of hydrogen-bond donors (Lipinski definition) is 0. The minimum atomic E-state index is -3.28. The summed E-state index contributed by atoms with van der Waals surface area (Å²) in [5.74, 6) is -3.00. The van der Waals surface area contributed by atoms with Crippen molar-refractivity contribution in [2.24, 2.45) is 16.7 Å². The van der Waals surface area contributed by atoms with Gasteiger partial charge >= 0.3 is 0 Å². The molecule has 3 nitrogen and oxygen atoms in total. The largest absolute Gasteiger partial charge is 0.330 e. The van der Waals surface area contributed by atoms with Crippen LogP contribution in [0, 0.1) is 16.7 Å². The Morgan fingerprint density at radius 2 is 1.67 bits per heavy atom. The second kappa shape index (κ2) is 5.10. The zero-order chi connectivity index (χ0) is 15.3. The Balaban J connectivity index is 1.65. The quantitative estimate of drug-likeness (QED) is 0.798. The fraction of sp³-hybridized carbons (Fsp3) is 1.00. The number of fused-ring (bicyclic) bond motifs is 3. The fourth-order valence-corrected chi connectivity index (χ4v) is 3.71. The monoisotopic (exact) mass is 308 g/mol. The molecule has 0 aromatic rings. The van der Waals surface area contributed by atoms with Crippen LogP contribution in [-0.4, -0.2) is 38.4 Å². The summed E-state index contributed by atoms with van der Waals surface area (Å²) in [6.45, 7) is 3.56. The van der Waals surface area contributed by atoms with Crippen LogP contribution < -0.4 is 0 Å². The van der Waals surface area contributed by atoms with E-state index in [2.05, 4.69) is 0 Å². The summed E-state index contributed by atoms with van der Waals surface area (Å²) in [5.41, 5.74) is -2.31. The van der Waals surface area contributed by atoms with Gasteiger partial charge in [-0.1, -0.05) is 13.8 Å². The van der Waals surface area contributed by atoms with Gasteiger partial charge in [-0.25, -0.2) is 13.2 Å². The lowest BCUT2D eigenvalue weighted by molar-refractivity contribution is -0.343. The topological polar surface area (TPSA) is 27.7 Å². The van der Waals surface area contributed by atoms with E-state index < -0.39 is 29.4 Å². The number of rotatable bonds is 3. The molecule has 0 N–H and O–H groups in total. The van der Waals surface area contributed by atoms with E-state index in [0.29, 0.717) is 38.9 Å². The standard InChI is InChI=1S/C15H23F3O3/c1-10-7-19-12(20-8-10)21-9-14-5-3-13(2,4-6-14)15(17,18)11(14)16/h10-12H,3-9H2,1-2H3. The van der Waals surface area contributed by atoms with Gasteiger partial charge in [0, 0.05) is 16.7 Å². The van der Waals surface area contributed by atoms with E-state index in [0.717, 1.165) is 0 Å². The molecule has 122 valence electrons. The van der Waals surface area contributed by atoms with E-state index in [4.69, 9.17) is 14.2 Å². The van der Waals surface area contributed by atoms with E-state index in [1.54, 1.807) is 0 Å². The molecule has 0 aromatic carbocycles. The minimum absolute atomic E-state index is 0.0706. The van der Waals surface area contributed by atoms with Crippen LogP contribution in [0.5, 0.6) is 0 Å². The summed E-state index contributed by atoms with van der Waals surface area (Å²) in [4.78, 5) is 0. The third-order valence-electron chi connectivity index (χ3n) is 5.55. The summed E-state index contributed by atoms with van der Waals surface area (Å²) < 4.78 is 59.1. The average molecular weight is 308 g/mol. The van der Waals surface area contributed by atoms with Crippen LogP contribution >= 0.6 is 0 Å². The molecule has 3 saturated carbocycles. The van der Waals surface area contributed by atoms with Gasteiger partial charge in [-0.3, -0.25) is 0 Å². The van der Waals surface area contributed by atoms with Crippen molar-refractivity contribution in [1.29, 1.82) is 0 Å². The Morgan fingerprint density at radius 1 is 1.10 bits per heavy atom. The van der Waals surface area contributed by atoms with E-state index >= 15 is 0 Å². The average Bonchev–Trinajstić information content (AvgIpc) is 2.46. The van der Waals surface area contributed by atoms with Gasteiger partial charge in [0.2, 0.25) is 0 Å². The second-order valence-corrected chi connectivity index (χ2v) is 7.28. The van der Waals surface area contributed by atoms with Crippen molar-refractivity contribution in [1.82, 2.24) is 0 Å². The van der Waals surface area contributed by atoms with Crippen molar-refractivity contribution < 1.29 is 27.4 Å². The third-order valence-corrected chi connectivity index (χ3v) is 5.55. The molecule has 0 amide bonds. The van der Waals surface area contributed by atoms with Gasteiger partial charge in [-0.15, -0.1) is 0 Å². The summed E-state index contributed by atoms with van der Waals surface area (Å²) in [7, 11) is 0. The van der Waals surface area contributed by atoms with E-state index in [1.807, 2.05) is 6.92 Å². The van der Waals surface area contributed by atoms with Gasteiger partial charge in [0.05, 0.1) is 19.8 Å². The van der Waals surface area contributed by atoms with Crippen LogP contribution in [0.4, 0.5) is 13.2 Å². The molecule has 4 fully saturated rings. The maximum Gasteiger partial charge on any atom is 0.284 e. The molecule has 0 aromatic heterocycles. The Hall–Kier alpha value is -0.330. The molecular formula is C15H23F3O3. The lowest BCUT2D eigenvalue weighted by atomic mass is 9.52. The van der Waals surface area contributed by atoms with Gasteiger partial charge in [-0.05, 0) is 25.7 Å². The predicted molar refractivity (Wildman–Crippen MR) is 69.7 cm³/mol. The lowest BCUT2D eigenvalue weighted by Crippen LogP contribution is -2.64. The highest BCUT2D eigenvalue weighted by Crippen LogP contribution is 2.64. The first-order valence-corrected chi connectivity index (χ1v) is 7.66. The van der Waals surface area contributed by atoms with Crippen LogP contribution in [0.3, 0.4) is 0 Å². The lowest BCUT2D eigenvalue weighted by Gasteiger charge is -2.57. The predicted octanol–water partition coefficient (Wildman–Crippen LogP) is 3.52. The molecule has 1 saturated heterocycles. The van der Waals surface area contributed by atoms with E-state index in [1.165, 1.54) is 6.92 Å². The Bertz CT molecular complexity index is 386. The molecule has 4 aliphatic rings. The summed E-state index contributed by atoms with van der Waals surface area (Å²) >= 11 is 0. The van der Waals surface area contributed by atoms with Crippen LogP contribution in [0.15, 0.2) is 0 Å². The SMILES string of the molecule is CC1COC(OCC23CCC(C)(CC2)C(F)(F)C3F)OC1. The molecule has 1 atom stereocenters. The van der Waals surface area contributed by atoms with Gasteiger partial charge in [0.1, 0.15) is 0 Å². The van der Waals surface area contributed by atoms with Crippen molar-refractivity contribution in [3.8, 4) is 0 Å². The van der Waals surface area contributed by atoms with Gasteiger partial charge in [-0.2, -0.15) is 0 Å². The molecule has 2 bridgehead atoms.